The van der Waals surface area contributed by atoms with Gasteiger partial charge in [0.2, 0.25) is 0 Å². The van der Waals surface area contributed by atoms with Crippen LogP contribution < -0.4 is 11.3 Å². The molecule has 3 N–H and O–H groups in total. The lowest BCUT2D eigenvalue weighted by Crippen LogP contribution is -2.45. The first-order chi connectivity index (χ1) is 7.81. The van der Waals surface area contributed by atoms with Gasteiger partial charge in [0.25, 0.3) is 0 Å². The molecule has 4 nitrogen and oxygen atoms in total. The van der Waals surface area contributed by atoms with Crippen LogP contribution in [0.25, 0.3) is 0 Å². The zero-order valence-corrected chi connectivity index (χ0v) is 10.6. The predicted molar refractivity (Wildman–Crippen MR) is 65.0 cm³/mol. The van der Waals surface area contributed by atoms with Crippen molar-refractivity contribution in [1.82, 2.24) is 5.43 Å². The van der Waals surface area contributed by atoms with Crippen molar-refractivity contribution in [2.75, 3.05) is 13.7 Å². The third-order valence-corrected chi connectivity index (χ3v) is 3.36. The fraction of sp³-hybridized carbons (Fsp3) is 1.00. The molecule has 16 heavy (non-hydrogen) atoms. The molecule has 1 aliphatic rings. The zero-order chi connectivity index (χ0) is 11.8. The summed E-state index contributed by atoms with van der Waals surface area (Å²) in [6, 6.07) is 0.245. The number of nitrogens with one attached hydrogen (secondary N) is 1. The first kappa shape index (κ1) is 13.9. The largest absolute Gasteiger partial charge is 0.380 e. The lowest BCUT2D eigenvalue weighted by Gasteiger charge is -2.26. The molecule has 0 saturated carbocycles. The van der Waals surface area contributed by atoms with Crippen LogP contribution in [0, 0.1) is 0 Å². The van der Waals surface area contributed by atoms with Crippen molar-refractivity contribution >= 4 is 0 Å². The van der Waals surface area contributed by atoms with E-state index < -0.39 is 0 Å². The smallest absolute Gasteiger partial charge is 0.0737 e. The third kappa shape index (κ3) is 4.37. The maximum Gasteiger partial charge on any atom is 0.0737 e. The van der Waals surface area contributed by atoms with Gasteiger partial charge >= 0.3 is 0 Å². The molecule has 1 rings (SSSR count). The summed E-state index contributed by atoms with van der Waals surface area (Å²) >= 11 is 0. The van der Waals surface area contributed by atoms with Crippen LogP contribution in [0.2, 0.25) is 0 Å². The van der Waals surface area contributed by atoms with Crippen LogP contribution in [0.4, 0.5) is 0 Å². The Morgan fingerprint density at radius 3 is 2.81 bits per heavy atom. The van der Waals surface area contributed by atoms with E-state index in [0.29, 0.717) is 6.10 Å². The van der Waals surface area contributed by atoms with E-state index in [0.717, 1.165) is 32.3 Å². The summed E-state index contributed by atoms with van der Waals surface area (Å²) in [6.07, 6.45) is 7.34. The van der Waals surface area contributed by atoms with Crippen molar-refractivity contribution in [3.05, 3.63) is 0 Å². The molecule has 0 aliphatic carbocycles. The van der Waals surface area contributed by atoms with Gasteiger partial charge in [-0.1, -0.05) is 13.3 Å². The monoisotopic (exact) mass is 230 g/mol. The standard InChI is InChI=1S/C12H26N2O2/c1-3-5-12(15-2)11(14-13)8-7-10-6-4-9-16-10/h10-12,14H,3-9,13H2,1-2H3. The molecule has 3 unspecified atom stereocenters. The van der Waals surface area contributed by atoms with Gasteiger partial charge in [-0.3, -0.25) is 11.3 Å². The highest BCUT2D eigenvalue weighted by Crippen LogP contribution is 2.19. The van der Waals surface area contributed by atoms with Crippen LogP contribution in [-0.4, -0.2) is 32.0 Å². The molecule has 1 heterocycles. The Morgan fingerprint density at radius 2 is 2.31 bits per heavy atom. The maximum atomic E-state index is 5.61. The molecule has 1 saturated heterocycles. The molecule has 0 aromatic heterocycles. The van der Waals surface area contributed by atoms with E-state index in [9.17, 15) is 0 Å². The molecule has 0 amide bonds. The summed E-state index contributed by atoms with van der Waals surface area (Å²) in [7, 11) is 1.76. The van der Waals surface area contributed by atoms with Gasteiger partial charge in [-0.2, -0.15) is 0 Å². The number of ether oxygens (including phenoxy) is 2. The molecule has 0 aromatic rings. The lowest BCUT2D eigenvalue weighted by atomic mass is 9.99. The Bertz CT molecular complexity index is 172. The zero-order valence-electron chi connectivity index (χ0n) is 10.6. The van der Waals surface area contributed by atoms with Gasteiger partial charge in [-0.05, 0) is 32.1 Å². The Labute approximate surface area is 98.8 Å². The fourth-order valence-electron chi connectivity index (χ4n) is 2.38. The summed E-state index contributed by atoms with van der Waals surface area (Å²) in [5.41, 5.74) is 2.88. The summed E-state index contributed by atoms with van der Waals surface area (Å²) in [5, 5.41) is 0. The Morgan fingerprint density at radius 1 is 1.50 bits per heavy atom. The van der Waals surface area contributed by atoms with E-state index in [-0.39, 0.29) is 12.1 Å². The highest BCUT2D eigenvalue weighted by molar-refractivity contribution is 4.77. The molecule has 0 bridgehead atoms. The normalized spacial score (nSPS) is 24.6. The average molecular weight is 230 g/mol. The summed E-state index contributed by atoms with van der Waals surface area (Å²) in [6.45, 7) is 3.09. The van der Waals surface area contributed by atoms with Crippen LogP contribution in [-0.2, 0) is 9.47 Å². The van der Waals surface area contributed by atoms with Crippen LogP contribution in [0.1, 0.15) is 45.4 Å². The first-order valence-corrected chi connectivity index (χ1v) is 6.42. The van der Waals surface area contributed by atoms with Gasteiger partial charge in [0, 0.05) is 19.8 Å². The molecule has 0 spiro atoms. The number of hydrazine groups is 1. The summed E-state index contributed by atoms with van der Waals surface area (Å²) in [5.74, 6) is 5.59. The first-order valence-electron chi connectivity index (χ1n) is 6.42. The number of hydrogen-bond donors (Lipinski definition) is 2. The molecule has 0 radical (unpaired) electrons. The van der Waals surface area contributed by atoms with Crippen LogP contribution in [0.15, 0.2) is 0 Å². The van der Waals surface area contributed by atoms with Crippen molar-refractivity contribution in [1.29, 1.82) is 0 Å². The highest BCUT2D eigenvalue weighted by Gasteiger charge is 2.22. The minimum atomic E-state index is 0.219. The van der Waals surface area contributed by atoms with E-state index in [4.69, 9.17) is 15.3 Å². The Hall–Kier alpha value is -0.160. The SMILES string of the molecule is CCCC(OC)C(CCC1CCCO1)NN. The van der Waals surface area contributed by atoms with E-state index >= 15 is 0 Å². The second-order valence-electron chi connectivity index (χ2n) is 4.55. The molecule has 0 aromatic carbocycles. The minimum Gasteiger partial charge on any atom is -0.380 e. The second kappa shape index (κ2) is 8.01. The van der Waals surface area contributed by atoms with E-state index in [1.807, 2.05) is 0 Å². The fourth-order valence-corrected chi connectivity index (χ4v) is 2.38. The van der Waals surface area contributed by atoms with E-state index in [1.165, 1.54) is 12.8 Å². The number of nitrogens with two attached hydrogens (primary N) is 1. The molecule has 4 heteroatoms. The van der Waals surface area contributed by atoms with Crippen molar-refractivity contribution in [2.45, 2.75) is 63.7 Å². The van der Waals surface area contributed by atoms with E-state index in [2.05, 4.69) is 12.3 Å². The Kier molecular flexibility index (Phi) is 6.96. The van der Waals surface area contributed by atoms with Crippen molar-refractivity contribution < 1.29 is 9.47 Å². The topological polar surface area (TPSA) is 56.5 Å². The molecule has 1 fully saturated rings. The van der Waals surface area contributed by atoms with Gasteiger partial charge in [0.1, 0.15) is 0 Å². The van der Waals surface area contributed by atoms with Crippen molar-refractivity contribution in [3.63, 3.8) is 0 Å². The summed E-state index contributed by atoms with van der Waals surface area (Å²) in [4.78, 5) is 0. The third-order valence-electron chi connectivity index (χ3n) is 3.36. The van der Waals surface area contributed by atoms with Gasteiger partial charge in [-0.25, -0.2) is 0 Å². The lowest BCUT2D eigenvalue weighted by molar-refractivity contribution is 0.0469. The quantitative estimate of drug-likeness (QED) is 0.491. The predicted octanol–water partition coefficient (Wildman–Crippen LogP) is 1.59. The van der Waals surface area contributed by atoms with Gasteiger partial charge in [0.15, 0.2) is 0 Å². The molecule has 3 atom stereocenters. The van der Waals surface area contributed by atoms with E-state index in [1.54, 1.807) is 7.11 Å². The average Bonchev–Trinajstić information content (AvgIpc) is 2.81. The Balaban J connectivity index is 2.28. The van der Waals surface area contributed by atoms with Crippen LogP contribution >= 0.6 is 0 Å². The molecular weight excluding hydrogens is 204 g/mol. The maximum absolute atomic E-state index is 5.61. The number of rotatable bonds is 8. The molecule has 96 valence electrons. The van der Waals surface area contributed by atoms with Gasteiger partial charge in [0.05, 0.1) is 12.2 Å². The molecular formula is C12H26N2O2. The summed E-state index contributed by atoms with van der Waals surface area (Å²) < 4.78 is 11.1. The van der Waals surface area contributed by atoms with Crippen LogP contribution in [0.5, 0.6) is 0 Å². The van der Waals surface area contributed by atoms with Crippen molar-refractivity contribution in [3.8, 4) is 0 Å². The van der Waals surface area contributed by atoms with Gasteiger partial charge in [-0.15, -0.1) is 0 Å². The molecule has 1 aliphatic heterocycles. The van der Waals surface area contributed by atoms with Crippen LogP contribution in [0.3, 0.4) is 0 Å². The highest BCUT2D eigenvalue weighted by atomic mass is 16.5. The number of hydrogen-bond acceptors (Lipinski definition) is 4. The number of methoxy groups -OCH3 is 1. The van der Waals surface area contributed by atoms with Gasteiger partial charge < -0.3 is 9.47 Å². The van der Waals surface area contributed by atoms with Crippen molar-refractivity contribution in [2.24, 2.45) is 5.84 Å². The minimum absolute atomic E-state index is 0.219. The second-order valence-corrected chi connectivity index (χ2v) is 4.55.